The maximum absolute atomic E-state index is 12.1. The van der Waals surface area contributed by atoms with Gasteiger partial charge in [-0.2, -0.15) is 0 Å². The molecule has 0 aliphatic rings. The fourth-order valence-electron chi connectivity index (χ4n) is 2.71. The van der Waals surface area contributed by atoms with Crippen molar-refractivity contribution >= 4 is 45.6 Å². The summed E-state index contributed by atoms with van der Waals surface area (Å²) >= 11 is 5.93. The largest absolute Gasteiger partial charge is 0.455 e. The summed E-state index contributed by atoms with van der Waals surface area (Å²) in [5.74, 6) is -1.20. The molecule has 0 aliphatic heterocycles. The number of benzene rings is 3. The lowest BCUT2D eigenvalue weighted by molar-refractivity contribution is -0.384. The summed E-state index contributed by atoms with van der Waals surface area (Å²) in [5.41, 5.74) is 0.656. The van der Waals surface area contributed by atoms with Crippen LogP contribution in [0.1, 0.15) is 5.56 Å². The molecule has 3 aromatic rings. The first kappa shape index (κ1) is 19.3. The monoisotopic (exact) mass is 398 g/mol. The van der Waals surface area contributed by atoms with Crippen LogP contribution in [-0.4, -0.2) is 23.4 Å². The molecule has 0 unspecified atom stereocenters. The van der Waals surface area contributed by atoms with Crippen LogP contribution in [0.3, 0.4) is 0 Å². The second-order valence-corrected chi connectivity index (χ2v) is 6.35. The van der Waals surface area contributed by atoms with Gasteiger partial charge in [-0.1, -0.05) is 54.1 Å². The number of non-ortho nitro benzene ring substituents is 1. The van der Waals surface area contributed by atoms with Crippen LogP contribution in [-0.2, 0) is 20.7 Å². The van der Waals surface area contributed by atoms with Gasteiger partial charge in [0.1, 0.15) is 0 Å². The standard InChI is InChI=1S/C20H15ClN2O5/c21-17-9-8-15(23(26)27)11-18(17)22-19(24)12-28-20(25)10-14-6-3-5-13-4-1-2-7-16(13)14/h1-9,11H,10,12H2,(H,22,24). The highest BCUT2D eigenvalue weighted by Crippen LogP contribution is 2.26. The molecule has 7 nitrogen and oxygen atoms in total. The predicted octanol–water partition coefficient (Wildman–Crippen LogP) is 4.13. The summed E-state index contributed by atoms with van der Waals surface area (Å²) in [6, 6.07) is 16.9. The maximum Gasteiger partial charge on any atom is 0.310 e. The third kappa shape index (κ3) is 4.63. The van der Waals surface area contributed by atoms with Crippen molar-refractivity contribution in [3.63, 3.8) is 0 Å². The third-order valence-corrected chi connectivity index (χ3v) is 4.34. The van der Waals surface area contributed by atoms with Gasteiger partial charge < -0.3 is 10.1 Å². The molecule has 3 aromatic carbocycles. The molecule has 1 amide bonds. The van der Waals surface area contributed by atoms with Crippen molar-refractivity contribution in [2.45, 2.75) is 6.42 Å². The minimum atomic E-state index is -0.645. The molecule has 0 spiro atoms. The third-order valence-electron chi connectivity index (χ3n) is 4.01. The molecule has 0 aliphatic carbocycles. The predicted molar refractivity (Wildman–Crippen MR) is 105 cm³/mol. The van der Waals surface area contributed by atoms with Crippen LogP contribution in [0.25, 0.3) is 10.8 Å². The van der Waals surface area contributed by atoms with Crippen LogP contribution in [0.5, 0.6) is 0 Å². The van der Waals surface area contributed by atoms with E-state index in [1.807, 2.05) is 42.5 Å². The van der Waals surface area contributed by atoms with Crippen molar-refractivity contribution < 1.29 is 19.2 Å². The number of esters is 1. The maximum atomic E-state index is 12.1. The summed E-state index contributed by atoms with van der Waals surface area (Å²) in [5, 5.41) is 15.3. The Morgan fingerprint density at radius 2 is 1.82 bits per heavy atom. The van der Waals surface area contributed by atoms with E-state index in [9.17, 15) is 19.7 Å². The van der Waals surface area contributed by atoms with Crippen molar-refractivity contribution in [2.75, 3.05) is 11.9 Å². The zero-order chi connectivity index (χ0) is 20.1. The number of carbonyl (C=O) groups is 2. The zero-order valence-electron chi connectivity index (χ0n) is 14.6. The number of nitro groups is 1. The number of rotatable bonds is 6. The molecule has 0 radical (unpaired) electrons. The Morgan fingerprint density at radius 1 is 1.07 bits per heavy atom. The molecule has 28 heavy (non-hydrogen) atoms. The highest BCUT2D eigenvalue weighted by molar-refractivity contribution is 6.33. The molecule has 1 N–H and O–H groups in total. The summed E-state index contributed by atoms with van der Waals surface area (Å²) in [6.45, 7) is -0.525. The Balaban J connectivity index is 1.59. The normalized spacial score (nSPS) is 10.5. The minimum Gasteiger partial charge on any atom is -0.455 e. The van der Waals surface area contributed by atoms with E-state index < -0.39 is 23.4 Å². The number of hydrogen-bond donors (Lipinski definition) is 1. The summed E-state index contributed by atoms with van der Waals surface area (Å²) in [6.07, 6.45) is 0.0200. The van der Waals surface area contributed by atoms with Crippen LogP contribution in [0.15, 0.2) is 60.7 Å². The number of anilines is 1. The van der Waals surface area contributed by atoms with Gasteiger partial charge >= 0.3 is 5.97 Å². The van der Waals surface area contributed by atoms with Gasteiger partial charge in [-0.05, 0) is 22.4 Å². The van der Waals surface area contributed by atoms with Gasteiger partial charge in [-0.3, -0.25) is 19.7 Å². The van der Waals surface area contributed by atoms with E-state index in [2.05, 4.69) is 5.32 Å². The van der Waals surface area contributed by atoms with Crippen molar-refractivity contribution in [1.29, 1.82) is 0 Å². The van der Waals surface area contributed by atoms with Crippen LogP contribution >= 0.6 is 11.6 Å². The van der Waals surface area contributed by atoms with Crippen molar-refractivity contribution in [2.24, 2.45) is 0 Å². The zero-order valence-corrected chi connectivity index (χ0v) is 15.3. The van der Waals surface area contributed by atoms with Crippen LogP contribution < -0.4 is 5.32 Å². The van der Waals surface area contributed by atoms with Gasteiger partial charge in [0.05, 0.1) is 22.1 Å². The van der Waals surface area contributed by atoms with Crippen LogP contribution in [0.4, 0.5) is 11.4 Å². The van der Waals surface area contributed by atoms with Crippen molar-refractivity contribution in [3.05, 3.63) is 81.4 Å². The van der Waals surface area contributed by atoms with E-state index in [1.165, 1.54) is 12.1 Å². The molecule has 0 saturated heterocycles. The number of nitrogens with one attached hydrogen (secondary N) is 1. The number of nitrogens with zero attached hydrogens (tertiary/aromatic N) is 1. The Morgan fingerprint density at radius 3 is 2.61 bits per heavy atom. The van der Waals surface area contributed by atoms with Gasteiger partial charge in [0.15, 0.2) is 6.61 Å². The molecule has 0 fully saturated rings. The van der Waals surface area contributed by atoms with E-state index >= 15 is 0 Å². The highest BCUT2D eigenvalue weighted by atomic mass is 35.5. The fourth-order valence-corrected chi connectivity index (χ4v) is 2.87. The number of nitro benzene ring substituents is 1. The summed E-state index contributed by atoms with van der Waals surface area (Å²) < 4.78 is 5.02. The topological polar surface area (TPSA) is 98.5 Å². The van der Waals surface area contributed by atoms with E-state index in [1.54, 1.807) is 0 Å². The Kier molecular flexibility index (Phi) is 5.86. The average Bonchev–Trinajstić information content (AvgIpc) is 2.68. The molecular weight excluding hydrogens is 384 g/mol. The summed E-state index contributed by atoms with van der Waals surface area (Å²) in [7, 11) is 0. The number of amides is 1. The van der Waals surface area contributed by atoms with Crippen LogP contribution in [0.2, 0.25) is 5.02 Å². The van der Waals surface area contributed by atoms with Crippen LogP contribution in [0, 0.1) is 10.1 Å². The van der Waals surface area contributed by atoms with Gasteiger partial charge in [0, 0.05) is 12.1 Å². The molecule has 0 saturated carbocycles. The fraction of sp³-hybridized carbons (Fsp3) is 0.100. The van der Waals surface area contributed by atoms with E-state index in [-0.39, 0.29) is 22.8 Å². The SMILES string of the molecule is O=C(COC(=O)Cc1cccc2ccccc12)Nc1cc([N+](=O)[O-])ccc1Cl. The Labute approximate surface area is 165 Å². The van der Waals surface area contributed by atoms with E-state index in [0.29, 0.717) is 0 Å². The van der Waals surface area contributed by atoms with E-state index in [4.69, 9.17) is 16.3 Å². The molecular formula is C20H15ClN2O5. The van der Waals surface area contributed by atoms with Gasteiger partial charge in [0.2, 0.25) is 0 Å². The number of halogens is 1. The minimum absolute atomic E-state index is 0.0200. The lowest BCUT2D eigenvalue weighted by Gasteiger charge is -2.09. The van der Waals surface area contributed by atoms with Gasteiger partial charge in [0.25, 0.3) is 11.6 Å². The molecule has 142 valence electrons. The number of hydrogen-bond acceptors (Lipinski definition) is 5. The number of carbonyl (C=O) groups excluding carboxylic acids is 2. The highest BCUT2D eigenvalue weighted by Gasteiger charge is 2.14. The Hall–Kier alpha value is -3.45. The molecule has 8 heteroatoms. The van der Waals surface area contributed by atoms with Gasteiger partial charge in [-0.15, -0.1) is 0 Å². The molecule has 3 rings (SSSR count). The van der Waals surface area contributed by atoms with Crippen molar-refractivity contribution in [3.8, 4) is 0 Å². The molecule has 0 aromatic heterocycles. The quantitative estimate of drug-likeness (QED) is 0.382. The molecule has 0 bridgehead atoms. The second-order valence-electron chi connectivity index (χ2n) is 5.95. The number of fused-ring (bicyclic) bond motifs is 1. The molecule has 0 heterocycles. The lowest BCUT2D eigenvalue weighted by atomic mass is 10.0. The first-order valence-corrected chi connectivity index (χ1v) is 8.68. The second kappa shape index (κ2) is 8.49. The van der Waals surface area contributed by atoms with Crippen molar-refractivity contribution in [1.82, 2.24) is 0 Å². The smallest absolute Gasteiger partial charge is 0.310 e. The number of ether oxygens (including phenoxy) is 1. The lowest BCUT2D eigenvalue weighted by Crippen LogP contribution is -2.21. The molecule has 0 atom stereocenters. The summed E-state index contributed by atoms with van der Waals surface area (Å²) in [4.78, 5) is 34.3. The van der Waals surface area contributed by atoms with E-state index in [0.717, 1.165) is 22.4 Å². The first-order chi connectivity index (χ1) is 13.4. The Bertz CT molecular complexity index is 1060. The van der Waals surface area contributed by atoms with Gasteiger partial charge in [-0.25, -0.2) is 0 Å². The average molecular weight is 399 g/mol. The first-order valence-electron chi connectivity index (χ1n) is 8.30.